The van der Waals surface area contributed by atoms with Gasteiger partial charge in [0.25, 0.3) is 0 Å². The van der Waals surface area contributed by atoms with Gasteiger partial charge in [-0.05, 0) is 29.7 Å². The molecule has 1 radical (unpaired) electrons. The molecule has 4 aromatic rings. The standard InChI is InChI=1S/C22H19N2P.C14H20O9S.Au/c1-24-21(17-23-22(24)18-11-5-2-6-12-18)25(19-13-7-3-8-14-19)20-15-9-4-10-16-20;1-6(15)19-5-10-11(20-7(2)16)12(21-8(3)17)13(14(24)23-10)22-9(4)18;/h2-17H,1H3;10-14,24H,5H2,1-4H3;. The topological polar surface area (TPSA) is 132 Å². The third-order valence-corrected chi connectivity index (χ3v) is 10.5. The van der Waals surface area contributed by atoms with Gasteiger partial charge in [-0.3, -0.25) is 23.7 Å². The van der Waals surface area contributed by atoms with E-state index in [-0.39, 0.29) is 29.0 Å². The SMILES string of the molecule is CC(=O)OCC1OC([S-])C(OC(C)=O)C(OC(C)=O)C1OC(C)=O.Cn1c([PH+](c2ccccc2)c2ccccc2)cnc1-c1ccccc1.[Au]. The second-order valence-electron chi connectivity index (χ2n) is 11.1. The van der Waals surface area contributed by atoms with Crippen LogP contribution < -0.4 is 16.0 Å². The first kappa shape index (κ1) is 40.7. The Morgan fingerprint density at radius 2 is 1.18 bits per heavy atom. The van der Waals surface area contributed by atoms with Crippen molar-refractivity contribution in [1.29, 1.82) is 0 Å². The van der Waals surface area contributed by atoms with Crippen molar-refractivity contribution < 1.29 is 65.2 Å². The Morgan fingerprint density at radius 3 is 1.66 bits per heavy atom. The monoisotopic (exact) mass is 903 g/mol. The summed E-state index contributed by atoms with van der Waals surface area (Å²) in [5, 5.41) is 2.75. The summed E-state index contributed by atoms with van der Waals surface area (Å²) in [7, 11) is 1.03. The van der Waals surface area contributed by atoms with Crippen molar-refractivity contribution in [1.82, 2.24) is 9.55 Å². The molecule has 0 amide bonds. The summed E-state index contributed by atoms with van der Waals surface area (Å²) in [4.78, 5) is 49.8. The summed E-state index contributed by atoms with van der Waals surface area (Å²) in [6.07, 6.45) is -2.42. The Hall–Kier alpha value is -3.77. The van der Waals surface area contributed by atoms with Gasteiger partial charge in [-0.2, -0.15) is 0 Å². The number of ether oxygens (including phenoxy) is 5. The Kier molecular flexibility index (Phi) is 15.9. The van der Waals surface area contributed by atoms with Gasteiger partial charge in [0.1, 0.15) is 43.2 Å². The van der Waals surface area contributed by atoms with Gasteiger partial charge in [-0.25, -0.2) is 4.98 Å². The van der Waals surface area contributed by atoms with Gasteiger partial charge in [-0.15, -0.1) is 0 Å². The first-order valence-corrected chi connectivity index (χ1v) is 17.4. The van der Waals surface area contributed by atoms with Crippen LogP contribution in [0.5, 0.6) is 0 Å². The number of imidazole rings is 1. The van der Waals surface area contributed by atoms with Crippen molar-refractivity contribution >= 4 is 60.5 Å². The molecule has 0 aliphatic carbocycles. The minimum Gasteiger partial charge on any atom is -0.757 e. The zero-order valence-corrected chi connectivity index (χ0v) is 32.1. The molecular formula is C36H39AuN2O9PS. The van der Waals surface area contributed by atoms with E-state index in [1.165, 1.54) is 23.0 Å². The van der Waals surface area contributed by atoms with Crippen molar-refractivity contribution in [2.24, 2.45) is 7.05 Å². The maximum atomic E-state index is 11.4. The first-order chi connectivity index (χ1) is 23.5. The Labute approximate surface area is 313 Å². The number of hydrogen-bond donors (Lipinski definition) is 0. The zero-order valence-electron chi connectivity index (χ0n) is 28.1. The largest absolute Gasteiger partial charge is 0.757 e. The van der Waals surface area contributed by atoms with E-state index < -0.39 is 61.7 Å². The third-order valence-electron chi connectivity index (χ3n) is 7.35. The van der Waals surface area contributed by atoms with Gasteiger partial charge in [-0.1, -0.05) is 66.7 Å². The molecule has 3 aromatic carbocycles. The molecule has 0 spiro atoms. The van der Waals surface area contributed by atoms with Crippen LogP contribution in [0.4, 0.5) is 0 Å². The molecular weight excluding hydrogens is 864 g/mol. The van der Waals surface area contributed by atoms with E-state index in [4.69, 9.17) is 41.3 Å². The molecule has 1 saturated heterocycles. The molecule has 269 valence electrons. The van der Waals surface area contributed by atoms with E-state index in [2.05, 4.69) is 103 Å². The molecule has 0 saturated carbocycles. The number of rotatable bonds is 9. The maximum Gasteiger partial charge on any atom is 0.303 e. The van der Waals surface area contributed by atoms with Crippen LogP contribution in [0.2, 0.25) is 0 Å². The van der Waals surface area contributed by atoms with Crippen LogP contribution in [0.15, 0.2) is 97.2 Å². The summed E-state index contributed by atoms with van der Waals surface area (Å²) in [6.45, 7) is 4.36. The van der Waals surface area contributed by atoms with Gasteiger partial charge in [0, 0.05) is 62.7 Å². The van der Waals surface area contributed by atoms with Crippen LogP contribution in [-0.4, -0.2) is 69.9 Å². The van der Waals surface area contributed by atoms with E-state index >= 15 is 0 Å². The van der Waals surface area contributed by atoms with Crippen LogP contribution >= 0.6 is 7.92 Å². The van der Waals surface area contributed by atoms with Crippen molar-refractivity contribution in [3.63, 3.8) is 0 Å². The molecule has 1 fully saturated rings. The molecule has 50 heavy (non-hydrogen) atoms. The third kappa shape index (κ3) is 11.1. The molecule has 1 aliphatic rings. The van der Waals surface area contributed by atoms with Crippen LogP contribution in [0, 0.1) is 0 Å². The minimum atomic E-state index is -1.19. The van der Waals surface area contributed by atoms with Crippen molar-refractivity contribution in [3.8, 4) is 11.4 Å². The van der Waals surface area contributed by atoms with Gasteiger partial charge < -0.3 is 36.3 Å². The zero-order chi connectivity index (χ0) is 35.5. The van der Waals surface area contributed by atoms with Crippen LogP contribution in [0.25, 0.3) is 11.4 Å². The number of esters is 4. The predicted octanol–water partition coefficient (Wildman–Crippen LogP) is 3.19. The molecule has 14 heteroatoms. The molecule has 0 bridgehead atoms. The normalized spacial score (nSPS) is 19.5. The summed E-state index contributed by atoms with van der Waals surface area (Å²) >= 11 is 5.11. The number of hydrogen-bond acceptors (Lipinski definition) is 11. The second kappa shape index (κ2) is 19.6. The fraction of sp³-hybridized carbons (Fsp3) is 0.306. The number of carbonyl (C=O) groups excluding carboxylic acids is 4. The number of benzene rings is 3. The molecule has 5 atom stereocenters. The van der Waals surface area contributed by atoms with Gasteiger partial charge >= 0.3 is 23.9 Å². The molecule has 0 N–H and O–H groups in total. The fourth-order valence-corrected chi connectivity index (χ4v) is 8.32. The summed E-state index contributed by atoms with van der Waals surface area (Å²) in [5.74, 6) is -1.60. The van der Waals surface area contributed by atoms with Gasteiger partial charge in [0.05, 0.1) is 6.20 Å². The summed E-state index contributed by atoms with van der Waals surface area (Å²) < 4.78 is 27.9. The van der Waals surface area contributed by atoms with Gasteiger partial charge in [0.15, 0.2) is 17.6 Å². The molecule has 5 rings (SSSR count). The Bertz CT molecular complexity index is 1670. The molecule has 1 aliphatic heterocycles. The first-order valence-electron chi connectivity index (χ1n) is 15.5. The Morgan fingerprint density at radius 1 is 0.720 bits per heavy atom. The fourth-order valence-electron chi connectivity index (χ4n) is 5.36. The van der Waals surface area contributed by atoms with E-state index in [0.717, 1.165) is 32.2 Å². The molecule has 11 nitrogen and oxygen atoms in total. The van der Waals surface area contributed by atoms with E-state index in [0.29, 0.717) is 0 Å². The summed E-state index contributed by atoms with van der Waals surface area (Å²) in [5.41, 5.74) is 1.35. The van der Waals surface area contributed by atoms with Crippen LogP contribution in [0.1, 0.15) is 27.7 Å². The molecule has 5 unspecified atom stereocenters. The van der Waals surface area contributed by atoms with Gasteiger partial charge in [0.2, 0.25) is 0 Å². The van der Waals surface area contributed by atoms with Crippen molar-refractivity contribution in [2.45, 2.75) is 57.5 Å². The van der Waals surface area contributed by atoms with Crippen LogP contribution in [-0.2, 0) is 84.9 Å². The van der Waals surface area contributed by atoms with Crippen molar-refractivity contribution in [2.75, 3.05) is 6.61 Å². The number of carbonyl (C=O) groups is 4. The van der Waals surface area contributed by atoms with Crippen molar-refractivity contribution in [3.05, 3.63) is 97.2 Å². The number of aromatic nitrogens is 2. The predicted molar refractivity (Wildman–Crippen MR) is 188 cm³/mol. The minimum absolute atomic E-state index is 0. The maximum absolute atomic E-state index is 11.4. The van der Waals surface area contributed by atoms with Crippen LogP contribution in [0.3, 0.4) is 0 Å². The van der Waals surface area contributed by atoms with E-state index in [1.807, 2.05) is 6.07 Å². The van der Waals surface area contributed by atoms with E-state index in [9.17, 15) is 19.2 Å². The van der Waals surface area contributed by atoms with E-state index in [1.54, 1.807) is 0 Å². The number of nitrogens with zero attached hydrogens (tertiary/aromatic N) is 2. The molecule has 2 heterocycles. The second-order valence-corrected chi connectivity index (χ2v) is 13.9. The molecule has 1 aromatic heterocycles. The smallest absolute Gasteiger partial charge is 0.303 e. The average Bonchev–Trinajstić information content (AvgIpc) is 3.45. The average molecular weight is 904 g/mol. The quantitative estimate of drug-likeness (QED) is 0.0808. The summed E-state index contributed by atoms with van der Waals surface area (Å²) in [6, 6.07) is 32.0. The Balaban J connectivity index is 0.000000266.